The Kier molecular flexibility index (Phi) is 4.30. The summed E-state index contributed by atoms with van der Waals surface area (Å²) in [6, 6.07) is 6.17. The highest BCUT2D eigenvalue weighted by molar-refractivity contribution is 5.75. The number of nitrogens with one attached hydrogen (secondary N) is 2. The van der Waals surface area contributed by atoms with E-state index in [2.05, 4.69) is 27.4 Å². The zero-order chi connectivity index (χ0) is 13.0. The predicted molar refractivity (Wildman–Crippen MR) is 70.5 cm³/mol. The molecule has 0 aliphatic heterocycles. The van der Waals surface area contributed by atoms with E-state index in [0.29, 0.717) is 6.54 Å². The highest BCUT2D eigenvalue weighted by Crippen LogP contribution is 2.13. The number of fused-ring (bicyclic) bond motifs is 1. The van der Waals surface area contributed by atoms with E-state index in [1.807, 2.05) is 13.0 Å². The number of benzene rings is 1. The quantitative estimate of drug-likeness (QED) is 0.557. The number of H-pyrrole nitrogens is 1. The highest BCUT2D eigenvalue weighted by Gasteiger charge is 2.02. The first-order valence-corrected chi connectivity index (χ1v) is 6.14. The fraction of sp³-hybridized carbons (Fsp3) is 0.462. The molecule has 0 fully saturated rings. The summed E-state index contributed by atoms with van der Waals surface area (Å²) >= 11 is 0. The van der Waals surface area contributed by atoms with Crippen molar-refractivity contribution in [2.24, 2.45) is 0 Å². The van der Waals surface area contributed by atoms with Crippen LogP contribution in [0.25, 0.3) is 11.0 Å². The third-order valence-electron chi connectivity index (χ3n) is 2.85. The number of aryl methyl sites for hydroxylation is 1. The molecule has 2 aromatic rings. The fourth-order valence-electron chi connectivity index (χ4n) is 1.91. The molecule has 98 valence electrons. The van der Waals surface area contributed by atoms with Crippen LogP contribution in [0.1, 0.15) is 11.4 Å². The first-order valence-electron chi connectivity index (χ1n) is 6.14. The van der Waals surface area contributed by atoms with Gasteiger partial charge in [-0.05, 0) is 37.6 Å². The second-order valence-electron chi connectivity index (χ2n) is 4.46. The number of rotatable bonds is 6. The summed E-state index contributed by atoms with van der Waals surface area (Å²) < 4.78 is 0. The van der Waals surface area contributed by atoms with Crippen LogP contribution in [0.5, 0.6) is 0 Å². The maximum Gasteiger partial charge on any atom is 0.104 e. The van der Waals surface area contributed by atoms with E-state index in [-0.39, 0.29) is 6.61 Å². The molecule has 4 N–H and O–H groups in total. The number of imidazole rings is 1. The van der Waals surface area contributed by atoms with Gasteiger partial charge >= 0.3 is 0 Å². The summed E-state index contributed by atoms with van der Waals surface area (Å²) in [6.45, 7) is 2.93. The Labute approximate surface area is 106 Å². The van der Waals surface area contributed by atoms with E-state index in [1.54, 1.807) is 0 Å². The molecular formula is C13H19N3O2. The summed E-state index contributed by atoms with van der Waals surface area (Å²) in [5, 5.41) is 20.9. The lowest BCUT2D eigenvalue weighted by Crippen LogP contribution is -2.30. The smallest absolute Gasteiger partial charge is 0.104 e. The van der Waals surface area contributed by atoms with Crippen LogP contribution in [0.2, 0.25) is 0 Å². The number of hydrogen-bond acceptors (Lipinski definition) is 4. The molecule has 0 saturated heterocycles. The summed E-state index contributed by atoms with van der Waals surface area (Å²) in [5.74, 6) is 0.923. The van der Waals surface area contributed by atoms with Gasteiger partial charge in [0.2, 0.25) is 0 Å². The highest BCUT2D eigenvalue weighted by atomic mass is 16.3. The summed E-state index contributed by atoms with van der Waals surface area (Å²) in [5.41, 5.74) is 3.26. The van der Waals surface area contributed by atoms with Gasteiger partial charge in [-0.2, -0.15) is 0 Å². The van der Waals surface area contributed by atoms with Crippen molar-refractivity contribution in [2.75, 3.05) is 19.7 Å². The zero-order valence-corrected chi connectivity index (χ0v) is 10.5. The van der Waals surface area contributed by atoms with Gasteiger partial charge < -0.3 is 20.5 Å². The van der Waals surface area contributed by atoms with Gasteiger partial charge in [0, 0.05) is 6.54 Å². The molecule has 1 heterocycles. The van der Waals surface area contributed by atoms with Crippen LogP contribution in [0.4, 0.5) is 0 Å². The van der Waals surface area contributed by atoms with Crippen LogP contribution in [-0.2, 0) is 6.42 Å². The Morgan fingerprint density at radius 2 is 2.28 bits per heavy atom. The molecule has 1 aromatic heterocycles. The maximum absolute atomic E-state index is 9.17. The molecule has 1 aromatic carbocycles. The largest absolute Gasteiger partial charge is 0.394 e. The van der Waals surface area contributed by atoms with Gasteiger partial charge in [-0.15, -0.1) is 0 Å². The standard InChI is InChI=1S/C13H19N3O2/c1-9-15-12-3-2-10(6-13(12)16-9)4-5-14-7-11(18)8-17/h2-3,6,11,14,17-18H,4-5,7-8H2,1H3,(H,15,16). The summed E-state index contributed by atoms with van der Waals surface area (Å²) in [6.07, 6.45) is 0.203. The molecule has 0 aliphatic rings. The number of nitrogens with zero attached hydrogens (tertiary/aromatic N) is 1. The maximum atomic E-state index is 9.17. The van der Waals surface area contributed by atoms with Crippen LogP contribution in [0.3, 0.4) is 0 Å². The van der Waals surface area contributed by atoms with Crippen molar-refractivity contribution in [1.29, 1.82) is 0 Å². The van der Waals surface area contributed by atoms with Crippen LogP contribution >= 0.6 is 0 Å². The normalized spacial score (nSPS) is 13.1. The molecule has 5 heteroatoms. The molecule has 2 rings (SSSR count). The molecule has 0 radical (unpaired) electrons. The van der Waals surface area contributed by atoms with E-state index in [1.165, 1.54) is 5.56 Å². The molecule has 0 aliphatic carbocycles. The van der Waals surface area contributed by atoms with E-state index in [0.717, 1.165) is 29.8 Å². The van der Waals surface area contributed by atoms with Crippen molar-refractivity contribution in [2.45, 2.75) is 19.4 Å². The van der Waals surface area contributed by atoms with E-state index >= 15 is 0 Å². The SMILES string of the molecule is Cc1nc2ccc(CCNCC(O)CO)cc2[nH]1. The Morgan fingerprint density at radius 1 is 1.44 bits per heavy atom. The monoisotopic (exact) mass is 249 g/mol. The zero-order valence-electron chi connectivity index (χ0n) is 10.5. The van der Waals surface area contributed by atoms with Crippen LogP contribution in [0.15, 0.2) is 18.2 Å². The Hall–Kier alpha value is -1.43. The van der Waals surface area contributed by atoms with Gasteiger partial charge in [0.15, 0.2) is 0 Å². The minimum atomic E-state index is -0.678. The summed E-state index contributed by atoms with van der Waals surface area (Å²) in [7, 11) is 0. The van der Waals surface area contributed by atoms with Gasteiger partial charge in [0.05, 0.1) is 23.7 Å². The van der Waals surface area contributed by atoms with Gasteiger partial charge in [-0.3, -0.25) is 0 Å². The lowest BCUT2D eigenvalue weighted by Gasteiger charge is -2.08. The van der Waals surface area contributed by atoms with Crippen molar-refractivity contribution < 1.29 is 10.2 Å². The number of aromatic amines is 1. The lowest BCUT2D eigenvalue weighted by atomic mass is 10.1. The molecule has 0 amide bonds. The predicted octanol–water partition coefficient (Wildman–Crippen LogP) is 0.357. The minimum absolute atomic E-state index is 0.202. The number of hydrogen-bond donors (Lipinski definition) is 4. The van der Waals surface area contributed by atoms with E-state index in [4.69, 9.17) is 5.11 Å². The molecule has 0 spiro atoms. The van der Waals surface area contributed by atoms with Crippen molar-refractivity contribution in [3.05, 3.63) is 29.6 Å². The van der Waals surface area contributed by atoms with Crippen molar-refractivity contribution in [3.8, 4) is 0 Å². The van der Waals surface area contributed by atoms with Crippen LogP contribution < -0.4 is 5.32 Å². The Balaban J connectivity index is 1.87. The fourth-order valence-corrected chi connectivity index (χ4v) is 1.91. The third kappa shape index (κ3) is 3.29. The first kappa shape index (κ1) is 13.0. The molecule has 1 atom stereocenters. The van der Waals surface area contributed by atoms with Gasteiger partial charge in [-0.25, -0.2) is 4.98 Å². The molecular weight excluding hydrogens is 230 g/mol. The summed E-state index contributed by atoms with van der Waals surface area (Å²) in [4.78, 5) is 7.57. The number of aliphatic hydroxyl groups is 2. The molecule has 18 heavy (non-hydrogen) atoms. The van der Waals surface area contributed by atoms with Gasteiger partial charge in [0.1, 0.15) is 5.82 Å². The second-order valence-corrected chi connectivity index (χ2v) is 4.46. The van der Waals surface area contributed by atoms with E-state index < -0.39 is 6.10 Å². The Bertz CT molecular complexity index is 510. The van der Waals surface area contributed by atoms with Gasteiger partial charge in [-0.1, -0.05) is 6.07 Å². The van der Waals surface area contributed by atoms with Crippen molar-refractivity contribution >= 4 is 11.0 Å². The molecule has 0 saturated carbocycles. The van der Waals surface area contributed by atoms with E-state index in [9.17, 15) is 5.11 Å². The lowest BCUT2D eigenvalue weighted by molar-refractivity contribution is 0.0947. The second kappa shape index (κ2) is 5.95. The topological polar surface area (TPSA) is 81.2 Å². The Morgan fingerprint density at radius 3 is 3.06 bits per heavy atom. The minimum Gasteiger partial charge on any atom is -0.394 e. The van der Waals surface area contributed by atoms with Crippen molar-refractivity contribution in [3.63, 3.8) is 0 Å². The van der Waals surface area contributed by atoms with Crippen LogP contribution in [-0.4, -0.2) is 46.0 Å². The van der Waals surface area contributed by atoms with Crippen LogP contribution in [0, 0.1) is 6.92 Å². The average molecular weight is 249 g/mol. The average Bonchev–Trinajstić information content (AvgIpc) is 2.73. The molecule has 0 bridgehead atoms. The number of aliphatic hydroxyl groups excluding tert-OH is 2. The number of aromatic nitrogens is 2. The first-order chi connectivity index (χ1) is 8.69. The molecule has 5 nitrogen and oxygen atoms in total. The van der Waals surface area contributed by atoms with Crippen molar-refractivity contribution in [1.82, 2.24) is 15.3 Å². The van der Waals surface area contributed by atoms with Gasteiger partial charge in [0.25, 0.3) is 0 Å². The molecule has 1 unspecified atom stereocenters. The third-order valence-corrected chi connectivity index (χ3v) is 2.85.